The highest BCUT2D eigenvalue weighted by molar-refractivity contribution is 6.06. The van der Waals surface area contributed by atoms with E-state index in [1.807, 2.05) is 99.7 Å². The smallest absolute Gasteiger partial charge is 0.255 e. The zero-order chi connectivity index (χ0) is 26.4. The molecule has 7 heteroatoms. The second kappa shape index (κ2) is 11.5. The minimum absolute atomic E-state index is 0.203. The van der Waals surface area contributed by atoms with Crippen LogP contribution in [0.5, 0.6) is 5.75 Å². The van der Waals surface area contributed by atoms with Gasteiger partial charge in [-0.05, 0) is 66.6 Å². The van der Waals surface area contributed by atoms with E-state index in [0.29, 0.717) is 23.6 Å². The van der Waals surface area contributed by atoms with Gasteiger partial charge in [0.15, 0.2) is 5.82 Å². The maximum Gasteiger partial charge on any atom is 0.255 e. The van der Waals surface area contributed by atoms with E-state index in [9.17, 15) is 4.79 Å². The number of carbonyl (C=O) groups excluding carboxylic acids is 1. The molecule has 0 saturated carbocycles. The third-order valence-electron chi connectivity index (χ3n) is 6.09. The van der Waals surface area contributed by atoms with E-state index in [2.05, 4.69) is 27.7 Å². The van der Waals surface area contributed by atoms with Crippen LogP contribution in [0.1, 0.15) is 21.5 Å². The van der Waals surface area contributed by atoms with E-state index >= 15 is 0 Å². The van der Waals surface area contributed by atoms with Crippen LogP contribution in [0.3, 0.4) is 0 Å². The Hall–Kier alpha value is -4.52. The summed E-state index contributed by atoms with van der Waals surface area (Å²) >= 11 is 0. The SMILES string of the molecule is COc1ccc(Nc2nc(N(C)Cc3ccccc3)ccc2NC(=O)c2cccc(N(C)C)c2)c(C)c1. The summed E-state index contributed by atoms with van der Waals surface area (Å²) in [6.07, 6.45) is 0. The van der Waals surface area contributed by atoms with Crippen LogP contribution in [0.25, 0.3) is 0 Å². The number of hydrogen-bond donors (Lipinski definition) is 2. The molecule has 190 valence electrons. The molecule has 0 aliphatic rings. The van der Waals surface area contributed by atoms with Crippen molar-refractivity contribution in [2.75, 3.05) is 48.7 Å². The number of nitrogens with one attached hydrogen (secondary N) is 2. The highest BCUT2D eigenvalue weighted by Crippen LogP contribution is 2.30. The first kappa shape index (κ1) is 25.6. The third kappa shape index (κ3) is 6.38. The highest BCUT2D eigenvalue weighted by atomic mass is 16.5. The summed E-state index contributed by atoms with van der Waals surface area (Å²) in [6.45, 7) is 2.71. The molecule has 4 aromatic rings. The Morgan fingerprint density at radius 2 is 1.65 bits per heavy atom. The fourth-order valence-electron chi connectivity index (χ4n) is 3.95. The predicted octanol–water partition coefficient (Wildman–Crippen LogP) is 6.10. The number of ether oxygens (including phenoxy) is 1. The third-order valence-corrected chi connectivity index (χ3v) is 6.09. The number of rotatable bonds is 9. The predicted molar refractivity (Wildman–Crippen MR) is 153 cm³/mol. The van der Waals surface area contributed by atoms with Crippen LogP contribution in [0.2, 0.25) is 0 Å². The van der Waals surface area contributed by atoms with Gasteiger partial charge in [0.1, 0.15) is 11.6 Å². The van der Waals surface area contributed by atoms with E-state index in [-0.39, 0.29) is 5.91 Å². The molecule has 4 rings (SSSR count). The van der Waals surface area contributed by atoms with Crippen LogP contribution in [-0.2, 0) is 6.54 Å². The lowest BCUT2D eigenvalue weighted by Gasteiger charge is -2.21. The molecule has 37 heavy (non-hydrogen) atoms. The van der Waals surface area contributed by atoms with Gasteiger partial charge >= 0.3 is 0 Å². The number of hydrogen-bond acceptors (Lipinski definition) is 6. The van der Waals surface area contributed by atoms with Crippen LogP contribution < -0.4 is 25.2 Å². The molecule has 7 nitrogen and oxygen atoms in total. The lowest BCUT2D eigenvalue weighted by molar-refractivity contribution is 0.102. The number of carbonyl (C=O) groups is 1. The Kier molecular flexibility index (Phi) is 7.93. The van der Waals surface area contributed by atoms with Gasteiger partial charge in [-0.15, -0.1) is 0 Å². The molecule has 0 aliphatic heterocycles. The van der Waals surface area contributed by atoms with Gasteiger partial charge in [0.2, 0.25) is 0 Å². The van der Waals surface area contributed by atoms with Crippen molar-refractivity contribution in [1.29, 1.82) is 0 Å². The van der Waals surface area contributed by atoms with Crippen LogP contribution in [0, 0.1) is 6.92 Å². The molecular formula is C30H33N5O2. The van der Waals surface area contributed by atoms with Crippen LogP contribution >= 0.6 is 0 Å². The van der Waals surface area contributed by atoms with E-state index in [0.717, 1.165) is 28.5 Å². The van der Waals surface area contributed by atoms with Crippen LogP contribution in [0.15, 0.2) is 84.9 Å². The number of benzene rings is 3. The van der Waals surface area contributed by atoms with Gasteiger partial charge in [0.25, 0.3) is 5.91 Å². The average molecular weight is 496 g/mol. The number of anilines is 5. The zero-order valence-corrected chi connectivity index (χ0v) is 21.9. The van der Waals surface area contributed by atoms with Crippen molar-refractivity contribution in [2.24, 2.45) is 0 Å². The quantitative estimate of drug-likeness (QED) is 0.293. The summed E-state index contributed by atoms with van der Waals surface area (Å²) in [7, 11) is 7.55. The van der Waals surface area contributed by atoms with Gasteiger partial charge in [0, 0.05) is 44.6 Å². The molecule has 0 spiro atoms. The molecule has 0 saturated heterocycles. The first-order valence-electron chi connectivity index (χ1n) is 12.1. The van der Waals surface area contributed by atoms with Crippen LogP contribution in [-0.4, -0.2) is 39.1 Å². The van der Waals surface area contributed by atoms with E-state index < -0.39 is 0 Å². The van der Waals surface area contributed by atoms with Crippen LogP contribution in [0.4, 0.5) is 28.7 Å². The van der Waals surface area contributed by atoms with Gasteiger partial charge in [-0.2, -0.15) is 0 Å². The number of methoxy groups -OCH3 is 1. The Labute approximate surface area is 218 Å². The Balaban J connectivity index is 1.65. The molecule has 0 bridgehead atoms. The van der Waals surface area contributed by atoms with Gasteiger partial charge in [-0.25, -0.2) is 4.98 Å². The summed E-state index contributed by atoms with van der Waals surface area (Å²) in [6, 6.07) is 27.4. The maximum absolute atomic E-state index is 13.2. The molecule has 0 fully saturated rings. The number of aryl methyl sites for hydroxylation is 1. The van der Waals surface area contributed by atoms with Crippen molar-refractivity contribution >= 4 is 34.6 Å². The standard InChI is InChI=1S/C30H33N5O2/c1-21-18-25(37-5)14-15-26(21)31-29-27(32-30(36)23-12-9-13-24(19-23)34(2)3)16-17-28(33-29)35(4)20-22-10-7-6-8-11-22/h6-19H,20H2,1-5H3,(H,31,33)(H,32,36). The van der Waals surface area contributed by atoms with Gasteiger partial charge in [-0.3, -0.25) is 4.79 Å². The molecule has 0 atom stereocenters. The summed E-state index contributed by atoms with van der Waals surface area (Å²) in [5.74, 6) is 1.92. The first-order valence-corrected chi connectivity index (χ1v) is 12.1. The normalized spacial score (nSPS) is 10.5. The zero-order valence-electron chi connectivity index (χ0n) is 21.9. The Morgan fingerprint density at radius 1 is 0.892 bits per heavy atom. The van der Waals surface area contributed by atoms with Crippen molar-refractivity contribution in [3.8, 4) is 5.75 Å². The molecule has 0 radical (unpaired) electrons. The summed E-state index contributed by atoms with van der Waals surface area (Å²) < 4.78 is 5.35. The highest BCUT2D eigenvalue weighted by Gasteiger charge is 2.15. The second-order valence-electron chi connectivity index (χ2n) is 9.11. The number of pyridine rings is 1. The number of nitrogens with zero attached hydrogens (tertiary/aromatic N) is 3. The minimum Gasteiger partial charge on any atom is -0.497 e. The molecular weight excluding hydrogens is 462 g/mol. The topological polar surface area (TPSA) is 69.7 Å². The summed E-state index contributed by atoms with van der Waals surface area (Å²) in [5.41, 5.74) is 5.18. The van der Waals surface area contributed by atoms with Gasteiger partial charge in [-0.1, -0.05) is 36.4 Å². The number of amides is 1. The van der Waals surface area contributed by atoms with Crippen molar-refractivity contribution in [2.45, 2.75) is 13.5 Å². The average Bonchev–Trinajstić information content (AvgIpc) is 2.91. The van der Waals surface area contributed by atoms with E-state index in [1.165, 1.54) is 5.56 Å². The van der Waals surface area contributed by atoms with Crippen molar-refractivity contribution in [1.82, 2.24) is 4.98 Å². The molecule has 3 aromatic carbocycles. The molecule has 1 heterocycles. The van der Waals surface area contributed by atoms with Crippen molar-refractivity contribution in [3.05, 3.63) is 102 Å². The molecule has 2 N–H and O–H groups in total. The van der Waals surface area contributed by atoms with Crippen molar-refractivity contribution in [3.63, 3.8) is 0 Å². The van der Waals surface area contributed by atoms with Crippen molar-refractivity contribution < 1.29 is 9.53 Å². The summed E-state index contributed by atoms with van der Waals surface area (Å²) in [4.78, 5) is 22.1. The fraction of sp³-hybridized carbons (Fsp3) is 0.200. The van der Waals surface area contributed by atoms with E-state index in [4.69, 9.17) is 9.72 Å². The lowest BCUT2D eigenvalue weighted by atomic mass is 10.1. The minimum atomic E-state index is -0.203. The maximum atomic E-state index is 13.2. The first-order chi connectivity index (χ1) is 17.8. The molecule has 0 unspecified atom stereocenters. The summed E-state index contributed by atoms with van der Waals surface area (Å²) in [5, 5.41) is 6.47. The molecule has 1 amide bonds. The van der Waals surface area contributed by atoms with Gasteiger partial charge in [0.05, 0.1) is 12.8 Å². The molecule has 1 aromatic heterocycles. The Bertz CT molecular complexity index is 1370. The lowest BCUT2D eigenvalue weighted by Crippen LogP contribution is -2.19. The molecule has 0 aliphatic carbocycles. The number of aromatic nitrogens is 1. The van der Waals surface area contributed by atoms with E-state index in [1.54, 1.807) is 13.2 Å². The monoisotopic (exact) mass is 495 g/mol. The second-order valence-corrected chi connectivity index (χ2v) is 9.11. The fourth-order valence-corrected chi connectivity index (χ4v) is 3.95. The van der Waals surface area contributed by atoms with Gasteiger partial charge < -0.3 is 25.2 Å². The Morgan fingerprint density at radius 3 is 2.35 bits per heavy atom. The largest absolute Gasteiger partial charge is 0.497 e.